The third kappa shape index (κ3) is 3.66. The molecule has 1 aliphatic heterocycles. The predicted octanol–water partition coefficient (Wildman–Crippen LogP) is 3.05. The van der Waals surface area contributed by atoms with E-state index in [0.29, 0.717) is 19.6 Å². The Kier molecular flexibility index (Phi) is 5.22. The average molecular weight is 311 g/mol. The van der Waals surface area contributed by atoms with E-state index >= 15 is 4.39 Å². The van der Waals surface area contributed by atoms with E-state index in [0.717, 1.165) is 5.56 Å². The van der Waals surface area contributed by atoms with Crippen molar-refractivity contribution in [3.63, 3.8) is 0 Å². The number of benzene rings is 1. The van der Waals surface area contributed by atoms with E-state index in [1.807, 2.05) is 37.3 Å². The minimum atomic E-state index is -1.83. The summed E-state index contributed by atoms with van der Waals surface area (Å²) in [5.41, 5.74) is -2.28. The molecule has 1 fully saturated rings. The molecule has 0 aromatic heterocycles. The van der Waals surface area contributed by atoms with Crippen LogP contribution in [0.1, 0.15) is 39.7 Å². The summed E-state index contributed by atoms with van der Waals surface area (Å²) in [6.07, 6.45) is -0.0892. The fraction of sp³-hybridized carbons (Fsp3) is 0.647. The summed E-state index contributed by atoms with van der Waals surface area (Å²) < 4.78 is 20.7. The van der Waals surface area contributed by atoms with Gasteiger partial charge in [0.15, 0.2) is 12.0 Å². The normalized spacial score (nSPS) is 26.1. The second-order valence-electron chi connectivity index (χ2n) is 6.44. The standard InChI is InChI=1S/C17H26FNO3/c1-5-21-15-11-14(17(4,18)16(2,3)20)19(22-15)12-13-9-7-6-8-10-13/h6-10,14-15,20H,5,11-12H2,1-4H3/t14-,15?,17-/m1/s1. The maximum absolute atomic E-state index is 15.2. The van der Waals surface area contributed by atoms with Crippen LogP contribution >= 0.6 is 0 Å². The molecule has 1 N–H and O–H groups in total. The number of hydroxylamine groups is 2. The number of aliphatic hydroxyl groups is 1. The Morgan fingerprint density at radius 3 is 2.50 bits per heavy atom. The zero-order valence-corrected chi connectivity index (χ0v) is 13.8. The van der Waals surface area contributed by atoms with Crippen LogP contribution in [0.5, 0.6) is 0 Å². The summed E-state index contributed by atoms with van der Waals surface area (Å²) in [5, 5.41) is 11.8. The van der Waals surface area contributed by atoms with Gasteiger partial charge >= 0.3 is 0 Å². The lowest BCUT2D eigenvalue weighted by atomic mass is 9.81. The summed E-state index contributed by atoms with van der Waals surface area (Å²) in [4.78, 5) is 5.76. The van der Waals surface area contributed by atoms with Crippen molar-refractivity contribution in [3.8, 4) is 0 Å². The number of nitrogens with zero attached hydrogens (tertiary/aromatic N) is 1. The van der Waals surface area contributed by atoms with Crippen molar-refractivity contribution in [2.45, 2.75) is 64.3 Å². The second-order valence-corrected chi connectivity index (χ2v) is 6.44. The predicted molar refractivity (Wildman–Crippen MR) is 82.7 cm³/mol. The van der Waals surface area contributed by atoms with E-state index in [9.17, 15) is 5.11 Å². The van der Waals surface area contributed by atoms with Gasteiger partial charge in [0.2, 0.25) is 0 Å². The van der Waals surface area contributed by atoms with E-state index in [2.05, 4.69) is 0 Å². The van der Waals surface area contributed by atoms with Crippen molar-refractivity contribution in [1.82, 2.24) is 5.06 Å². The van der Waals surface area contributed by atoms with Gasteiger partial charge in [0, 0.05) is 19.6 Å². The lowest BCUT2D eigenvalue weighted by molar-refractivity contribution is -0.257. The molecular weight excluding hydrogens is 285 g/mol. The molecule has 0 saturated carbocycles. The van der Waals surface area contributed by atoms with Crippen LogP contribution in [0.3, 0.4) is 0 Å². The van der Waals surface area contributed by atoms with E-state index < -0.39 is 23.6 Å². The number of halogens is 1. The van der Waals surface area contributed by atoms with Gasteiger partial charge in [-0.3, -0.25) is 4.84 Å². The Balaban J connectivity index is 2.20. The van der Waals surface area contributed by atoms with Gasteiger partial charge in [-0.15, -0.1) is 0 Å². The molecule has 0 spiro atoms. The molecule has 1 saturated heterocycles. The van der Waals surface area contributed by atoms with Crippen LogP contribution in [0.15, 0.2) is 30.3 Å². The average Bonchev–Trinajstić information content (AvgIpc) is 2.82. The van der Waals surface area contributed by atoms with Crippen LogP contribution in [0.2, 0.25) is 0 Å². The Bertz CT molecular complexity index is 473. The number of hydrogen-bond acceptors (Lipinski definition) is 4. The van der Waals surface area contributed by atoms with Crippen LogP contribution in [0, 0.1) is 0 Å². The highest BCUT2D eigenvalue weighted by molar-refractivity contribution is 5.15. The highest BCUT2D eigenvalue weighted by Crippen LogP contribution is 2.39. The van der Waals surface area contributed by atoms with Crippen LogP contribution < -0.4 is 0 Å². The van der Waals surface area contributed by atoms with Crippen LogP contribution in [0.4, 0.5) is 4.39 Å². The van der Waals surface area contributed by atoms with Crippen molar-refractivity contribution in [1.29, 1.82) is 0 Å². The van der Waals surface area contributed by atoms with E-state index in [1.54, 1.807) is 5.06 Å². The Morgan fingerprint density at radius 1 is 1.32 bits per heavy atom. The lowest BCUT2D eigenvalue weighted by Gasteiger charge is -2.40. The van der Waals surface area contributed by atoms with Gasteiger partial charge in [0.05, 0.1) is 11.6 Å². The highest BCUT2D eigenvalue weighted by atomic mass is 19.1. The van der Waals surface area contributed by atoms with E-state index in [-0.39, 0.29) is 0 Å². The molecule has 0 amide bonds. The van der Waals surface area contributed by atoms with Gasteiger partial charge in [0.25, 0.3) is 0 Å². The maximum Gasteiger partial charge on any atom is 0.179 e. The van der Waals surface area contributed by atoms with E-state index in [1.165, 1.54) is 20.8 Å². The summed E-state index contributed by atoms with van der Waals surface area (Å²) in [6, 6.07) is 9.16. The summed E-state index contributed by atoms with van der Waals surface area (Å²) in [5.74, 6) is 0. The molecule has 1 unspecified atom stereocenters. The largest absolute Gasteiger partial charge is 0.387 e. The van der Waals surface area contributed by atoms with Crippen LogP contribution in [-0.4, -0.2) is 40.4 Å². The number of hydrogen-bond donors (Lipinski definition) is 1. The minimum absolute atomic E-state index is 0.387. The van der Waals surface area contributed by atoms with Crippen molar-refractivity contribution >= 4 is 0 Å². The molecule has 5 heteroatoms. The molecule has 1 heterocycles. The van der Waals surface area contributed by atoms with Gasteiger partial charge in [-0.2, -0.15) is 5.06 Å². The third-order valence-electron chi connectivity index (χ3n) is 4.37. The molecule has 1 aromatic rings. The van der Waals surface area contributed by atoms with Gasteiger partial charge in [-0.05, 0) is 33.3 Å². The molecule has 0 radical (unpaired) electrons. The first-order chi connectivity index (χ1) is 10.3. The van der Waals surface area contributed by atoms with Crippen molar-refractivity contribution in [3.05, 3.63) is 35.9 Å². The summed E-state index contributed by atoms with van der Waals surface area (Å²) in [7, 11) is 0. The molecule has 1 aromatic carbocycles. The monoisotopic (exact) mass is 311 g/mol. The first-order valence-electron chi connectivity index (χ1n) is 7.76. The number of ether oxygens (including phenoxy) is 1. The zero-order chi connectivity index (χ0) is 16.4. The van der Waals surface area contributed by atoms with Crippen LogP contribution in [0.25, 0.3) is 0 Å². The zero-order valence-electron chi connectivity index (χ0n) is 13.8. The van der Waals surface area contributed by atoms with Crippen molar-refractivity contribution in [2.75, 3.05) is 6.61 Å². The molecular formula is C17H26FNO3. The number of alkyl halides is 1. The quantitative estimate of drug-likeness (QED) is 0.877. The smallest absolute Gasteiger partial charge is 0.179 e. The van der Waals surface area contributed by atoms with E-state index in [4.69, 9.17) is 9.57 Å². The lowest BCUT2D eigenvalue weighted by Crippen LogP contribution is -2.56. The molecule has 2 rings (SSSR count). The van der Waals surface area contributed by atoms with Crippen molar-refractivity contribution in [2.24, 2.45) is 0 Å². The molecule has 3 atom stereocenters. The second kappa shape index (κ2) is 6.62. The maximum atomic E-state index is 15.2. The topological polar surface area (TPSA) is 41.9 Å². The fourth-order valence-corrected chi connectivity index (χ4v) is 2.66. The van der Waals surface area contributed by atoms with Crippen LogP contribution in [-0.2, 0) is 16.1 Å². The first kappa shape index (κ1) is 17.3. The molecule has 22 heavy (non-hydrogen) atoms. The Hall–Kier alpha value is -1.01. The summed E-state index contributed by atoms with van der Waals surface area (Å²) >= 11 is 0. The SMILES string of the molecule is CCOC1C[C@H]([C@@](C)(F)C(C)(C)O)N(Cc2ccccc2)O1. The Morgan fingerprint density at radius 2 is 1.95 bits per heavy atom. The molecule has 4 nitrogen and oxygen atoms in total. The summed E-state index contributed by atoms with van der Waals surface area (Å²) in [6.45, 7) is 7.23. The van der Waals surface area contributed by atoms with Crippen molar-refractivity contribution < 1.29 is 19.1 Å². The Labute approximate surface area is 131 Å². The molecule has 0 aliphatic carbocycles. The molecule has 1 aliphatic rings. The number of rotatable bonds is 6. The first-order valence-corrected chi connectivity index (χ1v) is 7.76. The minimum Gasteiger partial charge on any atom is -0.387 e. The van der Waals surface area contributed by atoms with Gasteiger partial charge in [-0.1, -0.05) is 30.3 Å². The molecule has 0 bridgehead atoms. The van der Waals surface area contributed by atoms with Gasteiger partial charge in [-0.25, -0.2) is 4.39 Å². The molecule has 124 valence electrons. The highest BCUT2D eigenvalue weighted by Gasteiger charge is 2.53. The van der Waals surface area contributed by atoms with Gasteiger partial charge in [0.1, 0.15) is 0 Å². The fourth-order valence-electron chi connectivity index (χ4n) is 2.66. The van der Waals surface area contributed by atoms with Gasteiger partial charge < -0.3 is 9.84 Å². The third-order valence-corrected chi connectivity index (χ3v) is 4.37.